The predicted octanol–water partition coefficient (Wildman–Crippen LogP) is 1.27. The van der Waals surface area contributed by atoms with Gasteiger partial charge in [-0.1, -0.05) is 19.1 Å². The highest BCUT2D eigenvalue weighted by Crippen LogP contribution is 2.19. The first-order valence-electron chi connectivity index (χ1n) is 3.72. The van der Waals surface area contributed by atoms with Gasteiger partial charge in [0.2, 0.25) is 0 Å². The van der Waals surface area contributed by atoms with Crippen molar-refractivity contribution in [2.24, 2.45) is 11.7 Å². The summed E-state index contributed by atoms with van der Waals surface area (Å²) in [4.78, 5) is 0. The van der Waals surface area contributed by atoms with Gasteiger partial charge in [-0.25, -0.2) is 0 Å². The number of nitrogens with two attached hydrogens (primary N) is 1. The van der Waals surface area contributed by atoms with Crippen LogP contribution in [-0.4, -0.2) is 12.8 Å². The van der Waals surface area contributed by atoms with Gasteiger partial charge in [-0.05, 0) is 18.8 Å². The second-order valence-corrected chi connectivity index (χ2v) is 3.14. The van der Waals surface area contributed by atoms with E-state index in [1.807, 2.05) is 0 Å². The summed E-state index contributed by atoms with van der Waals surface area (Å²) in [6.07, 6.45) is 1.95. The van der Waals surface area contributed by atoms with Gasteiger partial charge in [0.25, 0.3) is 0 Å². The molecular weight excluding hydrogens is 126 g/mol. The van der Waals surface area contributed by atoms with Crippen molar-refractivity contribution in [2.45, 2.75) is 26.0 Å². The van der Waals surface area contributed by atoms with Crippen LogP contribution in [0, 0.1) is 5.92 Å². The van der Waals surface area contributed by atoms with Crippen LogP contribution in [0.1, 0.15) is 19.8 Å². The molecule has 0 spiro atoms. The van der Waals surface area contributed by atoms with Gasteiger partial charge in [0, 0.05) is 0 Å². The van der Waals surface area contributed by atoms with E-state index in [2.05, 4.69) is 13.5 Å². The Hall–Kier alpha value is -0.340. The fraction of sp³-hybridized carbons (Fsp3) is 0.750. The Kier molecular flexibility index (Phi) is 2.46. The summed E-state index contributed by atoms with van der Waals surface area (Å²) in [5.74, 6) is 0.630. The highest BCUT2D eigenvalue weighted by Gasteiger charge is 2.15. The molecule has 0 saturated carbocycles. The molecule has 2 N–H and O–H groups in total. The maximum Gasteiger partial charge on any atom is 0.106 e. The molecule has 0 radical (unpaired) electrons. The van der Waals surface area contributed by atoms with E-state index < -0.39 is 0 Å². The van der Waals surface area contributed by atoms with Gasteiger partial charge in [-0.15, -0.1) is 0 Å². The third kappa shape index (κ3) is 2.12. The molecule has 1 saturated heterocycles. The summed E-state index contributed by atoms with van der Waals surface area (Å²) >= 11 is 0. The van der Waals surface area contributed by atoms with Crippen molar-refractivity contribution >= 4 is 0 Å². The molecule has 1 unspecified atom stereocenters. The molecule has 0 amide bonds. The largest absolute Gasteiger partial charge is 0.359 e. The van der Waals surface area contributed by atoms with Crippen molar-refractivity contribution in [1.29, 1.82) is 0 Å². The van der Waals surface area contributed by atoms with Crippen molar-refractivity contribution in [3.05, 3.63) is 12.2 Å². The number of hydrogen-bond acceptors (Lipinski definition) is 2. The summed E-state index contributed by atoms with van der Waals surface area (Å²) < 4.78 is 5.26. The Bertz CT molecular complexity index is 133. The second-order valence-electron chi connectivity index (χ2n) is 3.14. The number of rotatable bonds is 0. The molecular formula is C8H15NO. The average Bonchev–Trinajstić information content (AvgIpc) is 1.93. The Labute approximate surface area is 62.1 Å². The van der Waals surface area contributed by atoms with Crippen LogP contribution in [0.2, 0.25) is 0 Å². The molecule has 10 heavy (non-hydrogen) atoms. The van der Waals surface area contributed by atoms with Gasteiger partial charge >= 0.3 is 0 Å². The van der Waals surface area contributed by atoms with Crippen LogP contribution < -0.4 is 5.73 Å². The van der Waals surface area contributed by atoms with E-state index in [0.29, 0.717) is 12.5 Å². The molecule has 0 aromatic rings. The standard InChI is InChI=1S/C8H15NO/c1-6-3-7(2)5-10-8(9)4-6/h6,8H,2-5,9H2,1H3/t6-,8?/m0/s1. The van der Waals surface area contributed by atoms with Crippen LogP contribution in [0.25, 0.3) is 0 Å². The summed E-state index contributed by atoms with van der Waals surface area (Å²) in [6.45, 7) is 6.70. The monoisotopic (exact) mass is 141 g/mol. The van der Waals surface area contributed by atoms with Gasteiger partial charge in [0.1, 0.15) is 6.23 Å². The lowest BCUT2D eigenvalue weighted by molar-refractivity contribution is 0.0711. The fourth-order valence-electron chi connectivity index (χ4n) is 1.32. The maximum atomic E-state index is 5.62. The quantitative estimate of drug-likeness (QED) is 0.516. The lowest BCUT2D eigenvalue weighted by Gasteiger charge is -2.10. The summed E-state index contributed by atoms with van der Waals surface area (Å²) in [5.41, 5.74) is 6.79. The van der Waals surface area contributed by atoms with E-state index in [0.717, 1.165) is 12.8 Å². The van der Waals surface area contributed by atoms with E-state index in [4.69, 9.17) is 10.5 Å². The van der Waals surface area contributed by atoms with Crippen molar-refractivity contribution in [3.8, 4) is 0 Å². The summed E-state index contributed by atoms with van der Waals surface area (Å²) in [7, 11) is 0. The zero-order valence-corrected chi connectivity index (χ0v) is 6.47. The fourth-order valence-corrected chi connectivity index (χ4v) is 1.32. The normalized spacial score (nSPS) is 35.6. The molecule has 0 aromatic carbocycles. The minimum absolute atomic E-state index is 0.0748. The van der Waals surface area contributed by atoms with Crippen LogP contribution >= 0.6 is 0 Å². The molecule has 1 heterocycles. The maximum absolute atomic E-state index is 5.62. The third-order valence-corrected chi connectivity index (χ3v) is 1.77. The molecule has 2 heteroatoms. The lowest BCUT2D eigenvalue weighted by Crippen LogP contribution is -2.24. The molecule has 1 rings (SSSR count). The van der Waals surface area contributed by atoms with Crippen LogP contribution in [0.4, 0.5) is 0 Å². The zero-order valence-electron chi connectivity index (χ0n) is 6.47. The Morgan fingerprint density at radius 3 is 3.10 bits per heavy atom. The molecule has 2 atom stereocenters. The first-order chi connectivity index (χ1) is 4.68. The minimum Gasteiger partial charge on any atom is -0.359 e. The smallest absolute Gasteiger partial charge is 0.106 e. The second kappa shape index (κ2) is 3.17. The molecule has 58 valence electrons. The van der Waals surface area contributed by atoms with Crippen molar-refractivity contribution in [1.82, 2.24) is 0 Å². The van der Waals surface area contributed by atoms with Crippen LogP contribution in [-0.2, 0) is 4.74 Å². The molecule has 1 aliphatic rings. The van der Waals surface area contributed by atoms with Crippen molar-refractivity contribution < 1.29 is 4.74 Å². The average molecular weight is 141 g/mol. The van der Waals surface area contributed by atoms with E-state index in [1.54, 1.807) is 0 Å². The SMILES string of the molecule is C=C1COC(N)C[C@@H](C)C1. The molecule has 1 aliphatic heterocycles. The Balaban J connectivity index is 2.46. The van der Waals surface area contributed by atoms with Crippen molar-refractivity contribution in [3.63, 3.8) is 0 Å². The van der Waals surface area contributed by atoms with Crippen molar-refractivity contribution in [2.75, 3.05) is 6.61 Å². The highest BCUT2D eigenvalue weighted by atomic mass is 16.5. The third-order valence-electron chi connectivity index (χ3n) is 1.77. The summed E-state index contributed by atoms with van der Waals surface area (Å²) in [5, 5.41) is 0. The topological polar surface area (TPSA) is 35.2 Å². The van der Waals surface area contributed by atoms with Gasteiger partial charge < -0.3 is 10.5 Å². The molecule has 0 aromatic heterocycles. The first-order valence-corrected chi connectivity index (χ1v) is 3.72. The van der Waals surface area contributed by atoms with Gasteiger partial charge in [0.05, 0.1) is 6.61 Å². The summed E-state index contributed by atoms with van der Waals surface area (Å²) in [6, 6.07) is 0. The Morgan fingerprint density at radius 1 is 1.70 bits per heavy atom. The first kappa shape index (κ1) is 7.76. The molecule has 2 nitrogen and oxygen atoms in total. The van der Waals surface area contributed by atoms with Crippen LogP contribution in [0.15, 0.2) is 12.2 Å². The van der Waals surface area contributed by atoms with E-state index >= 15 is 0 Å². The van der Waals surface area contributed by atoms with Crippen LogP contribution in [0.5, 0.6) is 0 Å². The van der Waals surface area contributed by atoms with Crippen LogP contribution in [0.3, 0.4) is 0 Å². The van der Waals surface area contributed by atoms with Gasteiger partial charge in [0.15, 0.2) is 0 Å². The number of hydrogen-bond donors (Lipinski definition) is 1. The van der Waals surface area contributed by atoms with Gasteiger partial charge in [-0.3, -0.25) is 0 Å². The predicted molar refractivity (Wildman–Crippen MR) is 41.5 cm³/mol. The zero-order chi connectivity index (χ0) is 7.56. The molecule has 0 aliphatic carbocycles. The molecule has 1 fully saturated rings. The highest BCUT2D eigenvalue weighted by molar-refractivity contribution is 4.97. The molecule has 0 bridgehead atoms. The van der Waals surface area contributed by atoms with Gasteiger partial charge in [-0.2, -0.15) is 0 Å². The number of ether oxygens (including phenoxy) is 1. The Morgan fingerprint density at radius 2 is 2.40 bits per heavy atom. The van der Waals surface area contributed by atoms with E-state index in [1.165, 1.54) is 5.57 Å². The lowest BCUT2D eigenvalue weighted by atomic mass is 10.0. The van der Waals surface area contributed by atoms with E-state index in [-0.39, 0.29) is 6.23 Å². The minimum atomic E-state index is -0.0748. The van der Waals surface area contributed by atoms with E-state index in [9.17, 15) is 0 Å².